The van der Waals surface area contributed by atoms with Gasteiger partial charge < -0.3 is 55.4 Å². The Kier molecular flexibility index (Phi) is 8.04. The number of carbonyl (C=O) groups excluding carboxylic acids is 2. The fourth-order valence-corrected chi connectivity index (χ4v) is 7.34. The summed E-state index contributed by atoms with van der Waals surface area (Å²) in [5, 5.41) is 94.1. The number of ether oxygens (including phenoxy) is 2. The topological polar surface area (TPSA) is 269 Å². The maximum atomic E-state index is 14.4. The van der Waals surface area contributed by atoms with Crippen LogP contribution in [0.25, 0.3) is 0 Å². The fourth-order valence-electron chi connectivity index (χ4n) is 7.34. The molecule has 51 heavy (non-hydrogen) atoms. The van der Waals surface area contributed by atoms with Crippen LogP contribution >= 0.6 is 0 Å². The number of hydrogen-bond acceptors (Lipinski definition) is 13. The normalized spacial score (nSPS) is 24.9. The Hall–Kier alpha value is -5.84. The molecule has 7 rings (SSSR count). The average molecular weight is 701 g/mol. The number of carbonyl (C=O) groups is 4. The van der Waals surface area contributed by atoms with Crippen LogP contribution in [0.15, 0.2) is 60.7 Å². The third kappa shape index (κ3) is 5.09. The van der Waals surface area contributed by atoms with Gasteiger partial charge in [-0.3, -0.25) is 9.59 Å². The molecule has 0 saturated carbocycles. The van der Waals surface area contributed by atoms with Gasteiger partial charge in [-0.15, -0.1) is 0 Å². The average Bonchev–Trinajstić information content (AvgIpc) is 3.08. The molecule has 0 bridgehead atoms. The molecule has 0 radical (unpaired) electrons. The highest BCUT2D eigenvalue weighted by atomic mass is 16.7. The number of phenols is 3. The Morgan fingerprint density at radius 2 is 1.12 bits per heavy atom. The predicted molar refractivity (Wildman–Crippen MR) is 170 cm³/mol. The van der Waals surface area contributed by atoms with Crippen LogP contribution in [0.2, 0.25) is 0 Å². The van der Waals surface area contributed by atoms with Gasteiger partial charge in [0.1, 0.15) is 47.4 Å². The molecule has 1 saturated heterocycles. The van der Waals surface area contributed by atoms with Crippen LogP contribution in [-0.2, 0) is 4.74 Å². The van der Waals surface area contributed by atoms with Crippen LogP contribution in [0, 0.1) is 0 Å². The van der Waals surface area contributed by atoms with Crippen LogP contribution in [0.1, 0.15) is 86.6 Å². The Morgan fingerprint density at radius 1 is 0.627 bits per heavy atom. The Bertz CT molecular complexity index is 2170. The van der Waals surface area contributed by atoms with Gasteiger partial charge in [0, 0.05) is 11.8 Å². The second-order valence-corrected chi connectivity index (χ2v) is 12.4. The molecule has 262 valence electrons. The maximum absolute atomic E-state index is 14.4. The third-order valence-corrected chi connectivity index (χ3v) is 9.60. The van der Waals surface area contributed by atoms with E-state index < -0.39 is 101 Å². The minimum absolute atomic E-state index is 0.0489. The smallest absolute Gasteiger partial charge is 0.335 e. The quantitative estimate of drug-likeness (QED) is 0.138. The summed E-state index contributed by atoms with van der Waals surface area (Å²) in [7, 11) is 0. The molecule has 1 fully saturated rings. The Balaban J connectivity index is 1.52. The summed E-state index contributed by atoms with van der Waals surface area (Å²) >= 11 is 0. The molecule has 7 atom stereocenters. The van der Waals surface area contributed by atoms with E-state index in [1.54, 1.807) is 0 Å². The van der Waals surface area contributed by atoms with Gasteiger partial charge in [0.15, 0.2) is 0 Å². The predicted octanol–water partition coefficient (Wildman–Crippen LogP) is 1.43. The summed E-state index contributed by atoms with van der Waals surface area (Å²) in [6, 6.07) is 12.3. The largest absolute Gasteiger partial charge is 0.507 e. The number of phenolic OH excluding ortho intramolecular Hbond substituents is 3. The lowest BCUT2D eigenvalue weighted by atomic mass is 9.63. The van der Waals surface area contributed by atoms with Crippen molar-refractivity contribution in [2.45, 2.75) is 42.5 Å². The van der Waals surface area contributed by atoms with Crippen molar-refractivity contribution in [2.75, 3.05) is 6.61 Å². The fraction of sp³-hybridized carbons (Fsp3) is 0.222. The zero-order valence-corrected chi connectivity index (χ0v) is 26.0. The first kappa shape index (κ1) is 33.6. The van der Waals surface area contributed by atoms with Crippen molar-refractivity contribution in [3.05, 3.63) is 116 Å². The number of rotatable bonds is 6. The molecule has 3 aliphatic rings. The van der Waals surface area contributed by atoms with Crippen LogP contribution in [0.5, 0.6) is 23.0 Å². The molecule has 2 aliphatic carbocycles. The van der Waals surface area contributed by atoms with Crippen molar-refractivity contribution < 1.29 is 74.6 Å². The van der Waals surface area contributed by atoms with E-state index in [1.807, 2.05) is 0 Å². The lowest BCUT2D eigenvalue weighted by Crippen LogP contribution is -2.60. The summed E-state index contributed by atoms with van der Waals surface area (Å²) in [6.07, 6.45) is -8.55. The molecule has 0 spiro atoms. The lowest BCUT2D eigenvalue weighted by Gasteiger charge is -2.41. The molecule has 15 heteroatoms. The summed E-state index contributed by atoms with van der Waals surface area (Å²) in [4.78, 5) is 52.6. The second kappa shape index (κ2) is 12.2. The van der Waals surface area contributed by atoms with Crippen LogP contribution in [0.4, 0.5) is 0 Å². The molecule has 0 unspecified atom stereocenters. The number of fused-ring (bicyclic) bond motifs is 4. The number of ketones is 2. The van der Waals surface area contributed by atoms with Crippen molar-refractivity contribution in [2.24, 2.45) is 0 Å². The van der Waals surface area contributed by atoms with Gasteiger partial charge in [-0.25, -0.2) is 9.59 Å². The standard InChI is InChI=1S/C36H28O15/c37-11-22-29(41)32(44)33(45)36(51-22)50-21-6-2-4-15-24(17-8-13(35(48)49)10-20(40)27(17)31(43)28(15)21)23-14-3-1-5-18(38)25(14)30(42)26-16(23)7-12(34(46)47)9-19(26)39/h1-10,22-24,29,32-33,36-41,44-45H,11H2,(H,46,47)(H,48,49)/t22-,23+,24-,29+,32+,33-,36-/m0/s1. The summed E-state index contributed by atoms with van der Waals surface area (Å²) in [6.45, 7) is -0.775. The minimum Gasteiger partial charge on any atom is -0.507 e. The van der Waals surface area contributed by atoms with Crippen molar-refractivity contribution in [3.63, 3.8) is 0 Å². The number of hydrogen-bond donors (Lipinski definition) is 9. The third-order valence-electron chi connectivity index (χ3n) is 9.60. The molecule has 4 aromatic carbocycles. The first-order chi connectivity index (χ1) is 24.2. The number of benzene rings is 4. The highest BCUT2D eigenvalue weighted by Gasteiger charge is 2.48. The van der Waals surface area contributed by atoms with Crippen molar-refractivity contribution in [3.8, 4) is 23.0 Å². The van der Waals surface area contributed by atoms with Gasteiger partial charge in [-0.2, -0.15) is 0 Å². The molecule has 0 aromatic heterocycles. The Labute approximate surface area is 286 Å². The van der Waals surface area contributed by atoms with Crippen molar-refractivity contribution in [1.29, 1.82) is 0 Å². The molecule has 1 heterocycles. The number of aromatic carboxylic acids is 2. The van der Waals surface area contributed by atoms with Gasteiger partial charge in [0.05, 0.1) is 40.0 Å². The SMILES string of the molecule is O=C(O)c1cc(O)c2c(c1)[C@H]([C@@H]1c3cc(C(=O)O)cc(O)c3C(=O)c3c(O[C@H]4O[C@@H](CO)[C@@H](O)[C@@H](O)[C@@H]4O)cccc31)c1cccc(O)c1C2=O. The zero-order chi connectivity index (χ0) is 36.6. The molecule has 15 nitrogen and oxygen atoms in total. The lowest BCUT2D eigenvalue weighted by molar-refractivity contribution is -0.277. The first-order valence-corrected chi connectivity index (χ1v) is 15.5. The van der Waals surface area contributed by atoms with Gasteiger partial charge in [0.2, 0.25) is 17.9 Å². The highest BCUT2D eigenvalue weighted by Crippen LogP contribution is 2.56. The van der Waals surface area contributed by atoms with Gasteiger partial charge in [-0.1, -0.05) is 24.3 Å². The van der Waals surface area contributed by atoms with Crippen LogP contribution in [-0.4, -0.2) is 107 Å². The number of carboxylic acids is 2. The molecule has 4 aromatic rings. The van der Waals surface area contributed by atoms with E-state index in [0.717, 1.165) is 24.3 Å². The molecular formula is C36H28O15. The number of aliphatic hydroxyl groups is 4. The van der Waals surface area contributed by atoms with E-state index in [9.17, 15) is 65.1 Å². The van der Waals surface area contributed by atoms with E-state index in [1.165, 1.54) is 36.4 Å². The summed E-state index contributed by atoms with van der Waals surface area (Å²) in [5.41, 5.74) is -1.98. The van der Waals surface area contributed by atoms with Gasteiger partial charge in [0.25, 0.3) is 0 Å². The van der Waals surface area contributed by atoms with E-state index in [4.69, 9.17) is 9.47 Å². The summed E-state index contributed by atoms with van der Waals surface area (Å²) in [5.74, 6) is -9.35. The minimum atomic E-state index is -1.88. The van der Waals surface area contributed by atoms with Gasteiger partial charge in [-0.05, 0) is 58.7 Å². The highest BCUT2D eigenvalue weighted by molar-refractivity contribution is 6.18. The molecule has 9 N–H and O–H groups in total. The number of carboxylic acid groups (broad SMARTS) is 2. The number of aliphatic hydroxyl groups excluding tert-OH is 4. The van der Waals surface area contributed by atoms with E-state index in [0.29, 0.717) is 0 Å². The monoisotopic (exact) mass is 700 g/mol. The molecule has 1 aliphatic heterocycles. The molecular weight excluding hydrogens is 672 g/mol. The van der Waals surface area contributed by atoms with Crippen molar-refractivity contribution in [1.82, 2.24) is 0 Å². The van der Waals surface area contributed by atoms with E-state index >= 15 is 0 Å². The van der Waals surface area contributed by atoms with Gasteiger partial charge >= 0.3 is 11.9 Å². The van der Waals surface area contributed by atoms with Crippen LogP contribution in [0.3, 0.4) is 0 Å². The second-order valence-electron chi connectivity index (χ2n) is 12.4. The first-order valence-electron chi connectivity index (χ1n) is 15.5. The Morgan fingerprint density at radius 3 is 1.65 bits per heavy atom. The summed E-state index contributed by atoms with van der Waals surface area (Å²) < 4.78 is 11.4. The van der Waals surface area contributed by atoms with E-state index in [-0.39, 0.29) is 50.3 Å². The molecule has 0 amide bonds. The maximum Gasteiger partial charge on any atom is 0.335 e. The zero-order valence-electron chi connectivity index (χ0n) is 26.0. The van der Waals surface area contributed by atoms with Crippen molar-refractivity contribution >= 4 is 23.5 Å². The van der Waals surface area contributed by atoms with Crippen LogP contribution < -0.4 is 4.74 Å². The number of aromatic hydroxyl groups is 3. The van der Waals surface area contributed by atoms with E-state index in [2.05, 4.69) is 0 Å².